The molecule has 5 heteroatoms. The molecule has 1 aromatic heterocycles. The van der Waals surface area contributed by atoms with E-state index < -0.39 is 0 Å². The van der Waals surface area contributed by atoms with Crippen molar-refractivity contribution < 1.29 is 9.53 Å². The zero-order chi connectivity index (χ0) is 14.5. The number of carbonyl (C=O) groups excluding carboxylic acids is 1. The monoisotopic (exact) mass is 273 g/mol. The number of aryl methyl sites for hydroxylation is 3. The molecule has 0 aliphatic heterocycles. The van der Waals surface area contributed by atoms with E-state index in [1.165, 1.54) is 0 Å². The molecule has 0 unspecified atom stereocenters. The normalized spacial score (nSPS) is 10.3. The second-order valence-electron chi connectivity index (χ2n) is 4.91. The Hall–Kier alpha value is -2.30. The van der Waals surface area contributed by atoms with Crippen molar-refractivity contribution >= 4 is 11.7 Å². The average molecular weight is 273 g/mol. The zero-order valence-electron chi connectivity index (χ0n) is 12.0. The van der Waals surface area contributed by atoms with Crippen LogP contribution in [0.2, 0.25) is 0 Å². The largest absolute Gasteiger partial charge is 0.493 e. The number of nitrogens with one attached hydrogen (secondary N) is 2. The van der Waals surface area contributed by atoms with Gasteiger partial charge < -0.3 is 10.1 Å². The summed E-state index contributed by atoms with van der Waals surface area (Å²) in [6.07, 6.45) is 0.291. The van der Waals surface area contributed by atoms with Crippen molar-refractivity contribution in [3.63, 3.8) is 0 Å². The summed E-state index contributed by atoms with van der Waals surface area (Å²) in [7, 11) is 0. The van der Waals surface area contributed by atoms with Crippen LogP contribution in [0, 0.1) is 20.8 Å². The van der Waals surface area contributed by atoms with Gasteiger partial charge >= 0.3 is 0 Å². The van der Waals surface area contributed by atoms with Crippen LogP contribution in [0.1, 0.15) is 23.2 Å². The number of carbonyl (C=O) groups is 1. The summed E-state index contributed by atoms with van der Waals surface area (Å²) in [6, 6.07) is 7.78. The molecule has 1 amide bonds. The minimum Gasteiger partial charge on any atom is -0.493 e. The molecule has 0 fully saturated rings. The minimum atomic E-state index is -0.110. The van der Waals surface area contributed by atoms with Crippen LogP contribution in [0.3, 0.4) is 0 Å². The Morgan fingerprint density at radius 1 is 1.20 bits per heavy atom. The molecule has 2 aromatic rings. The Morgan fingerprint density at radius 2 is 1.90 bits per heavy atom. The van der Waals surface area contributed by atoms with Gasteiger partial charge in [0.2, 0.25) is 5.91 Å². The van der Waals surface area contributed by atoms with Gasteiger partial charge in [0.1, 0.15) is 5.75 Å². The van der Waals surface area contributed by atoms with Crippen LogP contribution in [-0.2, 0) is 4.79 Å². The highest BCUT2D eigenvalue weighted by atomic mass is 16.5. The lowest BCUT2D eigenvalue weighted by atomic mass is 10.1. The smallest absolute Gasteiger partial charge is 0.229 e. The number of benzene rings is 1. The molecule has 0 aliphatic rings. The number of hydrogen-bond donors (Lipinski definition) is 2. The fourth-order valence-corrected chi connectivity index (χ4v) is 1.97. The fourth-order valence-electron chi connectivity index (χ4n) is 1.97. The number of aromatic amines is 1. The van der Waals surface area contributed by atoms with Crippen molar-refractivity contribution in [3.05, 3.63) is 41.1 Å². The SMILES string of the molecule is Cc1cc(C)cc(OCCC(=O)Nc2cc(C)[nH]n2)c1. The van der Waals surface area contributed by atoms with Crippen LogP contribution in [0.4, 0.5) is 5.82 Å². The average Bonchev–Trinajstić information content (AvgIpc) is 2.73. The van der Waals surface area contributed by atoms with Gasteiger partial charge in [-0.1, -0.05) is 6.07 Å². The lowest BCUT2D eigenvalue weighted by Crippen LogP contribution is -2.15. The summed E-state index contributed by atoms with van der Waals surface area (Å²) in [5.41, 5.74) is 3.21. The van der Waals surface area contributed by atoms with Crippen LogP contribution < -0.4 is 10.1 Å². The summed E-state index contributed by atoms with van der Waals surface area (Å²) in [6.45, 7) is 6.27. The van der Waals surface area contributed by atoms with E-state index in [-0.39, 0.29) is 5.91 Å². The van der Waals surface area contributed by atoms with Gasteiger partial charge in [0, 0.05) is 11.8 Å². The molecular weight excluding hydrogens is 254 g/mol. The number of amides is 1. The molecule has 2 N–H and O–H groups in total. The molecule has 1 heterocycles. The van der Waals surface area contributed by atoms with E-state index in [1.807, 2.05) is 32.9 Å². The molecule has 20 heavy (non-hydrogen) atoms. The Labute approximate surface area is 118 Å². The molecule has 5 nitrogen and oxygen atoms in total. The Morgan fingerprint density at radius 3 is 2.50 bits per heavy atom. The standard InChI is InChI=1S/C15H19N3O2/c1-10-6-11(2)8-13(7-10)20-5-4-15(19)16-14-9-12(3)17-18-14/h6-9H,4-5H2,1-3H3,(H2,16,17,18,19). The summed E-state index contributed by atoms with van der Waals surface area (Å²) < 4.78 is 5.59. The zero-order valence-corrected chi connectivity index (χ0v) is 12.0. The van der Waals surface area contributed by atoms with Crippen LogP contribution in [-0.4, -0.2) is 22.7 Å². The maximum absolute atomic E-state index is 11.7. The van der Waals surface area contributed by atoms with Crippen molar-refractivity contribution in [1.82, 2.24) is 10.2 Å². The number of H-pyrrole nitrogens is 1. The fraction of sp³-hybridized carbons (Fsp3) is 0.333. The molecule has 2 rings (SSSR count). The first-order valence-corrected chi connectivity index (χ1v) is 6.56. The highest BCUT2D eigenvalue weighted by molar-refractivity contribution is 5.89. The van der Waals surface area contributed by atoms with Crippen LogP contribution in [0.15, 0.2) is 24.3 Å². The third-order valence-electron chi connectivity index (χ3n) is 2.77. The van der Waals surface area contributed by atoms with E-state index in [9.17, 15) is 4.79 Å². The van der Waals surface area contributed by atoms with E-state index in [0.29, 0.717) is 18.8 Å². The maximum Gasteiger partial charge on any atom is 0.229 e. The highest BCUT2D eigenvalue weighted by Gasteiger charge is 2.05. The van der Waals surface area contributed by atoms with E-state index in [4.69, 9.17) is 4.74 Å². The highest BCUT2D eigenvalue weighted by Crippen LogP contribution is 2.16. The van der Waals surface area contributed by atoms with Crippen molar-refractivity contribution in [1.29, 1.82) is 0 Å². The molecule has 0 saturated heterocycles. The lowest BCUT2D eigenvalue weighted by molar-refractivity contribution is -0.116. The van der Waals surface area contributed by atoms with Crippen LogP contribution in [0.5, 0.6) is 5.75 Å². The first-order valence-electron chi connectivity index (χ1n) is 6.56. The second kappa shape index (κ2) is 6.23. The molecule has 0 atom stereocenters. The topological polar surface area (TPSA) is 67.0 Å². The van der Waals surface area contributed by atoms with Gasteiger partial charge in [-0.3, -0.25) is 9.89 Å². The maximum atomic E-state index is 11.7. The van der Waals surface area contributed by atoms with Crippen LogP contribution in [0.25, 0.3) is 0 Å². The lowest BCUT2D eigenvalue weighted by Gasteiger charge is -2.08. The minimum absolute atomic E-state index is 0.110. The predicted octanol–water partition coefficient (Wildman–Crippen LogP) is 2.74. The van der Waals surface area contributed by atoms with E-state index in [0.717, 1.165) is 22.6 Å². The Kier molecular flexibility index (Phi) is 4.40. The van der Waals surface area contributed by atoms with Crippen molar-refractivity contribution in [2.45, 2.75) is 27.2 Å². The summed E-state index contributed by atoms with van der Waals surface area (Å²) >= 11 is 0. The van der Waals surface area contributed by atoms with Gasteiger partial charge in [0.15, 0.2) is 5.82 Å². The van der Waals surface area contributed by atoms with Crippen LogP contribution >= 0.6 is 0 Å². The van der Waals surface area contributed by atoms with Crippen molar-refractivity contribution in [3.8, 4) is 5.75 Å². The van der Waals surface area contributed by atoms with E-state index in [2.05, 4.69) is 21.6 Å². The van der Waals surface area contributed by atoms with Gasteiger partial charge in [0.25, 0.3) is 0 Å². The number of anilines is 1. The number of aromatic nitrogens is 2. The number of ether oxygens (including phenoxy) is 1. The van der Waals surface area contributed by atoms with E-state index >= 15 is 0 Å². The molecule has 0 aliphatic carbocycles. The van der Waals surface area contributed by atoms with Crippen molar-refractivity contribution in [2.24, 2.45) is 0 Å². The molecule has 106 valence electrons. The molecule has 0 saturated carbocycles. The first kappa shape index (κ1) is 14.1. The second-order valence-corrected chi connectivity index (χ2v) is 4.91. The molecule has 1 aromatic carbocycles. The van der Waals surface area contributed by atoms with Gasteiger partial charge in [-0.25, -0.2) is 0 Å². The number of hydrogen-bond acceptors (Lipinski definition) is 3. The Bertz CT molecular complexity index is 585. The molecule has 0 bridgehead atoms. The molecular formula is C15H19N3O2. The van der Waals surface area contributed by atoms with E-state index in [1.54, 1.807) is 6.07 Å². The number of rotatable bonds is 5. The predicted molar refractivity (Wildman–Crippen MR) is 78.0 cm³/mol. The van der Waals surface area contributed by atoms with Gasteiger partial charge in [-0.15, -0.1) is 0 Å². The number of nitrogens with zero attached hydrogens (tertiary/aromatic N) is 1. The third kappa shape index (κ3) is 4.12. The Balaban J connectivity index is 1.79. The first-order chi connectivity index (χ1) is 9.52. The third-order valence-corrected chi connectivity index (χ3v) is 2.77. The van der Waals surface area contributed by atoms with Gasteiger partial charge in [0.05, 0.1) is 13.0 Å². The summed E-state index contributed by atoms with van der Waals surface area (Å²) in [4.78, 5) is 11.7. The summed E-state index contributed by atoms with van der Waals surface area (Å²) in [5.74, 6) is 1.23. The van der Waals surface area contributed by atoms with Crippen molar-refractivity contribution in [2.75, 3.05) is 11.9 Å². The van der Waals surface area contributed by atoms with Gasteiger partial charge in [-0.05, 0) is 44.0 Å². The molecule has 0 radical (unpaired) electrons. The van der Waals surface area contributed by atoms with Gasteiger partial charge in [-0.2, -0.15) is 5.10 Å². The summed E-state index contributed by atoms with van der Waals surface area (Å²) in [5, 5.41) is 9.43. The quantitative estimate of drug-likeness (QED) is 0.880. The molecule has 0 spiro atoms.